The van der Waals surface area contributed by atoms with Gasteiger partial charge in [0.05, 0.1) is 0 Å². The highest BCUT2D eigenvalue weighted by Gasteiger charge is 2.01. The van der Waals surface area contributed by atoms with E-state index in [1.54, 1.807) is 0 Å². The molecule has 1 nitrogen and oxygen atoms in total. The van der Waals surface area contributed by atoms with Crippen molar-refractivity contribution in [3.63, 3.8) is 0 Å². The van der Waals surface area contributed by atoms with Crippen molar-refractivity contribution in [3.8, 4) is 11.5 Å². The fourth-order valence-electron chi connectivity index (χ4n) is 2.99. The van der Waals surface area contributed by atoms with Gasteiger partial charge in [0, 0.05) is 0 Å². The topological polar surface area (TPSA) is 9.23 Å². The summed E-state index contributed by atoms with van der Waals surface area (Å²) in [6.45, 7) is 2.24. The minimum Gasteiger partial charge on any atom is -0.457 e. The van der Waals surface area contributed by atoms with E-state index < -0.39 is 0 Å². The Labute approximate surface area is 151 Å². The average molecular weight is 330 g/mol. The first kappa shape index (κ1) is 17.3. The fourth-order valence-corrected chi connectivity index (χ4v) is 2.99. The molecule has 0 aliphatic carbocycles. The zero-order valence-corrected chi connectivity index (χ0v) is 14.9. The fraction of sp³-hybridized carbons (Fsp3) is 0.250. The molecule has 128 valence electrons. The van der Waals surface area contributed by atoms with Crippen molar-refractivity contribution in [2.45, 2.75) is 39.0 Å². The average Bonchev–Trinajstić information content (AvgIpc) is 2.65. The molecule has 0 saturated carbocycles. The summed E-state index contributed by atoms with van der Waals surface area (Å²) < 4.78 is 6.03. The molecule has 0 saturated heterocycles. The lowest BCUT2D eigenvalue weighted by atomic mass is 10.1. The van der Waals surface area contributed by atoms with Crippen LogP contribution in [0.5, 0.6) is 11.5 Å². The molecule has 0 unspecified atom stereocenters. The summed E-state index contributed by atoms with van der Waals surface area (Å²) in [6, 6.07) is 27.4. The molecule has 3 aromatic carbocycles. The van der Waals surface area contributed by atoms with Gasteiger partial charge < -0.3 is 4.74 Å². The Morgan fingerprint density at radius 1 is 0.640 bits per heavy atom. The highest BCUT2D eigenvalue weighted by molar-refractivity contribution is 5.36. The van der Waals surface area contributed by atoms with Gasteiger partial charge in [0.25, 0.3) is 0 Å². The minimum absolute atomic E-state index is 0.891. The van der Waals surface area contributed by atoms with Crippen LogP contribution in [0.3, 0.4) is 0 Å². The van der Waals surface area contributed by atoms with Crippen LogP contribution in [-0.2, 0) is 12.8 Å². The lowest BCUT2D eigenvalue weighted by molar-refractivity contribution is 0.481. The first-order chi connectivity index (χ1) is 12.3. The zero-order chi connectivity index (χ0) is 17.3. The highest BCUT2D eigenvalue weighted by Crippen LogP contribution is 2.24. The summed E-state index contributed by atoms with van der Waals surface area (Å²) >= 11 is 0. The minimum atomic E-state index is 0.891. The van der Waals surface area contributed by atoms with Crippen molar-refractivity contribution < 1.29 is 4.74 Å². The molecule has 3 rings (SSSR count). The Morgan fingerprint density at radius 3 is 2.12 bits per heavy atom. The molecule has 0 heterocycles. The molecule has 0 spiro atoms. The van der Waals surface area contributed by atoms with E-state index in [2.05, 4.69) is 79.7 Å². The molecule has 25 heavy (non-hydrogen) atoms. The molecule has 0 N–H and O–H groups in total. The molecule has 0 radical (unpaired) electrons. The molecule has 0 aliphatic heterocycles. The van der Waals surface area contributed by atoms with E-state index in [-0.39, 0.29) is 0 Å². The van der Waals surface area contributed by atoms with E-state index in [0.717, 1.165) is 24.3 Å². The van der Waals surface area contributed by atoms with Gasteiger partial charge in [0.2, 0.25) is 0 Å². The van der Waals surface area contributed by atoms with E-state index in [1.807, 2.05) is 6.07 Å². The van der Waals surface area contributed by atoms with Gasteiger partial charge in [-0.15, -0.1) is 0 Å². The normalized spacial score (nSPS) is 10.6. The van der Waals surface area contributed by atoms with Gasteiger partial charge in [-0.25, -0.2) is 0 Å². The first-order valence-electron chi connectivity index (χ1n) is 9.23. The van der Waals surface area contributed by atoms with Gasteiger partial charge >= 0.3 is 0 Å². The van der Waals surface area contributed by atoms with Gasteiger partial charge in [-0.05, 0) is 60.2 Å². The van der Waals surface area contributed by atoms with Crippen LogP contribution in [0.4, 0.5) is 0 Å². The molecule has 3 aromatic rings. The van der Waals surface area contributed by atoms with Gasteiger partial charge in [-0.1, -0.05) is 74.4 Å². The van der Waals surface area contributed by atoms with Crippen LogP contribution in [0, 0.1) is 0 Å². The van der Waals surface area contributed by atoms with Crippen LogP contribution in [-0.4, -0.2) is 0 Å². The van der Waals surface area contributed by atoms with Gasteiger partial charge in [0.1, 0.15) is 11.5 Å². The number of hydrogen-bond acceptors (Lipinski definition) is 1. The zero-order valence-electron chi connectivity index (χ0n) is 14.9. The van der Waals surface area contributed by atoms with Gasteiger partial charge in [0.15, 0.2) is 0 Å². The number of rotatable bonds is 8. The van der Waals surface area contributed by atoms with Crippen molar-refractivity contribution in [1.82, 2.24) is 0 Å². The monoisotopic (exact) mass is 330 g/mol. The highest BCUT2D eigenvalue weighted by atomic mass is 16.5. The molecule has 1 heteroatoms. The molecule has 0 atom stereocenters. The number of hydrogen-bond donors (Lipinski definition) is 0. The Morgan fingerprint density at radius 2 is 1.36 bits per heavy atom. The van der Waals surface area contributed by atoms with E-state index in [9.17, 15) is 0 Å². The summed E-state index contributed by atoms with van der Waals surface area (Å²) in [7, 11) is 0. The standard InChI is InChI=1S/C24H26O/c1-2-3-5-9-21-12-8-13-24(19-21)25-23-16-14-22(15-17-23)18-20-10-6-4-7-11-20/h4,6-8,10-17,19H,2-3,5,9,18H2,1H3. The smallest absolute Gasteiger partial charge is 0.127 e. The SMILES string of the molecule is CCCCCc1cccc(Oc2ccc(Cc3ccccc3)cc2)c1. The second kappa shape index (κ2) is 9.08. The van der Waals surface area contributed by atoms with Crippen molar-refractivity contribution in [2.24, 2.45) is 0 Å². The van der Waals surface area contributed by atoms with E-state index >= 15 is 0 Å². The number of ether oxygens (including phenoxy) is 1. The van der Waals surface area contributed by atoms with E-state index in [1.165, 1.54) is 36.0 Å². The van der Waals surface area contributed by atoms with Crippen LogP contribution in [0.15, 0.2) is 78.9 Å². The van der Waals surface area contributed by atoms with E-state index in [0.29, 0.717) is 0 Å². The Kier molecular flexibility index (Phi) is 6.28. The predicted octanol–water partition coefficient (Wildman–Crippen LogP) is 6.80. The summed E-state index contributed by atoms with van der Waals surface area (Å²) in [5, 5.41) is 0. The molecule has 0 amide bonds. The third kappa shape index (κ3) is 5.49. The lowest BCUT2D eigenvalue weighted by Crippen LogP contribution is -1.90. The number of aryl methyl sites for hydroxylation is 1. The Hall–Kier alpha value is -2.54. The van der Waals surface area contributed by atoms with Crippen LogP contribution in [0.1, 0.15) is 42.9 Å². The first-order valence-corrected chi connectivity index (χ1v) is 9.23. The third-order valence-electron chi connectivity index (χ3n) is 4.38. The lowest BCUT2D eigenvalue weighted by Gasteiger charge is -2.09. The predicted molar refractivity (Wildman–Crippen MR) is 105 cm³/mol. The van der Waals surface area contributed by atoms with Crippen LogP contribution < -0.4 is 4.74 Å². The third-order valence-corrected chi connectivity index (χ3v) is 4.38. The number of unbranched alkanes of at least 4 members (excludes halogenated alkanes) is 2. The van der Waals surface area contributed by atoms with Crippen molar-refractivity contribution in [2.75, 3.05) is 0 Å². The van der Waals surface area contributed by atoms with Gasteiger partial charge in [-0.2, -0.15) is 0 Å². The molecular weight excluding hydrogens is 304 g/mol. The van der Waals surface area contributed by atoms with Crippen LogP contribution in [0.2, 0.25) is 0 Å². The van der Waals surface area contributed by atoms with Gasteiger partial charge in [-0.3, -0.25) is 0 Å². The maximum absolute atomic E-state index is 6.03. The van der Waals surface area contributed by atoms with E-state index in [4.69, 9.17) is 4.74 Å². The van der Waals surface area contributed by atoms with Crippen LogP contribution >= 0.6 is 0 Å². The van der Waals surface area contributed by atoms with Crippen molar-refractivity contribution in [3.05, 3.63) is 95.6 Å². The maximum Gasteiger partial charge on any atom is 0.127 e. The second-order valence-corrected chi connectivity index (χ2v) is 6.51. The maximum atomic E-state index is 6.03. The molecule has 0 fully saturated rings. The summed E-state index contributed by atoms with van der Waals surface area (Å²) in [5.74, 6) is 1.81. The second-order valence-electron chi connectivity index (χ2n) is 6.51. The molecule has 0 aromatic heterocycles. The summed E-state index contributed by atoms with van der Waals surface area (Å²) in [5.41, 5.74) is 3.98. The molecule has 0 bridgehead atoms. The van der Waals surface area contributed by atoms with Crippen molar-refractivity contribution in [1.29, 1.82) is 0 Å². The quantitative estimate of drug-likeness (QED) is 0.413. The van der Waals surface area contributed by atoms with Crippen molar-refractivity contribution >= 4 is 0 Å². The molecule has 0 aliphatic rings. The summed E-state index contributed by atoms with van der Waals surface area (Å²) in [4.78, 5) is 0. The molecular formula is C24H26O. The largest absolute Gasteiger partial charge is 0.457 e. The van der Waals surface area contributed by atoms with Crippen LogP contribution in [0.25, 0.3) is 0 Å². The summed E-state index contributed by atoms with van der Waals surface area (Å²) in [6.07, 6.45) is 5.86. The Bertz CT molecular complexity index is 760. The number of benzene rings is 3. The Balaban J connectivity index is 1.60.